The predicted molar refractivity (Wildman–Crippen MR) is 86.2 cm³/mol. The van der Waals surface area contributed by atoms with E-state index in [1.165, 1.54) is 6.07 Å². The lowest BCUT2D eigenvalue weighted by atomic mass is 9.92. The number of halogens is 3. The highest BCUT2D eigenvalue weighted by molar-refractivity contribution is 6.05. The van der Waals surface area contributed by atoms with Crippen LogP contribution in [0.2, 0.25) is 0 Å². The average molecular weight is 326 g/mol. The van der Waals surface area contributed by atoms with Gasteiger partial charge in [-0.3, -0.25) is 4.79 Å². The zero-order chi connectivity index (χ0) is 16.9. The Morgan fingerprint density at radius 1 is 0.875 bits per heavy atom. The van der Waals surface area contributed by atoms with Gasteiger partial charge in [0, 0.05) is 5.56 Å². The van der Waals surface area contributed by atoms with Gasteiger partial charge in [-0.15, -0.1) is 0 Å². The molecule has 0 radical (unpaired) electrons. The highest BCUT2D eigenvalue weighted by atomic mass is 19.4. The van der Waals surface area contributed by atoms with Crippen molar-refractivity contribution in [2.45, 2.75) is 18.5 Å². The monoisotopic (exact) mass is 326 g/mol. The van der Waals surface area contributed by atoms with Gasteiger partial charge < -0.3 is 0 Å². The molecule has 0 spiro atoms. The van der Waals surface area contributed by atoms with E-state index in [4.69, 9.17) is 0 Å². The van der Waals surface area contributed by atoms with Crippen LogP contribution in [0.25, 0.3) is 10.8 Å². The molecule has 3 aromatic carbocycles. The van der Waals surface area contributed by atoms with Gasteiger partial charge in [0.1, 0.15) is 0 Å². The van der Waals surface area contributed by atoms with Gasteiger partial charge in [-0.25, -0.2) is 0 Å². The summed E-state index contributed by atoms with van der Waals surface area (Å²) < 4.78 is 38.7. The van der Waals surface area contributed by atoms with Crippen LogP contribution in [0.5, 0.6) is 0 Å². The van der Waals surface area contributed by atoms with Gasteiger partial charge in [-0.05, 0) is 40.5 Å². The number of hydrogen-bond donors (Lipinski definition) is 0. The van der Waals surface area contributed by atoms with E-state index in [2.05, 4.69) is 0 Å². The average Bonchev–Trinajstić information content (AvgIpc) is 2.90. The molecule has 1 aliphatic carbocycles. The molecule has 0 saturated carbocycles. The van der Waals surface area contributed by atoms with E-state index in [1.807, 2.05) is 24.3 Å². The molecule has 1 aliphatic rings. The molecule has 1 nitrogen and oxygen atoms in total. The minimum absolute atomic E-state index is 0.0388. The molecule has 0 aliphatic heterocycles. The number of carbonyl (C=O) groups excluding carboxylic acids is 1. The van der Waals surface area contributed by atoms with Crippen molar-refractivity contribution in [2.24, 2.45) is 0 Å². The van der Waals surface area contributed by atoms with Crippen molar-refractivity contribution in [1.82, 2.24) is 0 Å². The largest absolute Gasteiger partial charge is 0.416 e. The standard InChI is InChI=1S/C20H13F3O/c21-20(22,23)16-8-7-12-5-6-14(9-15(12)10-16)18-11-13-3-1-2-4-17(13)19(18)24/h1-10,18H,11H2. The highest BCUT2D eigenvalue weighted by Crippen LogP contribution is 2.36. The molecule has 4 rings (SSSR count). The molecule has 0 saturated heterocycles. The highest BCUT2D eigenvalue weighted by Gasteiger charge is 2.32. The molecular weight excluding hydrogens is 313 g/mol. The first kappa shape index (κ1) is 14.9. The Balaban J connectivity index is 1.77. The van der Waals surface area contributed by atoms with Gasteiger partial charge in [0.25, 0.3) is 0 Å². The number of carbonyl (C=O) groups is 1. The van der Waals surface area contributed by atoms with Crippen molar-refractivity contribution in [1.29, 1.82) is 0 Å². The Bertz CT molecular complexity index is 957. The smallest absolute Gasteiger partial charge is 0.293 e. The summed E-state index contributed by atoms with van der Waals surface area (Å²) in [6.07, 6.45) is -3.77. The SMILES string of the molecule is O=C1c2ccccc2CC1c1ccc2ccc(C(F)(F)F)cc2c1. The van der Waals surface area contributed by atoms with E-state index in [0.29, 0.717) is 17.4 Å². The number of benzene rings is 3. The third-order valence-electron chi connectivity index (χ3n) is 4.62. The maximum Gasteiger partial charge on any atom is 0.416 e. The van der Waals surface area contributed by atoms with Crippen molar-refractivity contribution < 1.29 is 18.0 Å². The van der Waals surface area contributed by atoms with Crippen molar-refractivity contribution in [3.8, 4) is 0 Å². The molecule has 0 N–H and O–H groups in total. The third-order valence-corrected chi connectivity index (χ3v) is 4.62. The van der Waals surface area contributed by atoms with Gasteiger partial charge in [-0.2, -0.15) is 13.2 Å². The lowest BCUT2D eigenvalue weighted by Gasteiger charge is -2.12. The third kappa shape index (κ3) is 2.39. The molecular formula is C20H13F3O. The second-order valence-electron chi connectivity index (χ2n) is 6.10. The summed E-state index contributed by atoms with van der Waals surface area (Å²) in [5, 5.41) is 1.24. The van der Waals surface area contributed by atoms with E-state index in [0.717, 1.165) is 28.6 Å². The van der Waals surface area contributed by atoms with E-state index < -0.39 is 11.7 Å². The summed E-state index contributed by atoms with van der Waals surface area (Å²) in [5.74, 6) is -0.279. The fourth-order valence-electron chi connectivity index (χ4n) is 3.37. The fraction of sp³-hybridized carbons (Fsp3) is 0.150. The van der Waals surface area contributed by atoms with Gasteiger partial charge >= 0.3 is 6.18 Å². The Morgan fingerprint density at radius 2 is 1.62 bits per heavy atom. The maximum atomic E-state index is 12.9. The van der Waals surface area contributed by atoms with Crippen molar-refractivity contribution in [2.75, 3.05) is 0 Å². The maximum absolute atomic E-state index is 12.9. The number of alkyl halides is 3. The Hall–Kier alpha value is -2.62. The van der Waals surface area contributed by atoms with Crippen LogP contribution in [-0.4, -0.2) is 5.78 Å². The first-order chi connectivity index (χ1) is 11.4. The number of fused-ring (bicyclic) bond motifs is 2. The number of rotatable bonds is 1. The van der Waals surface area contributed by atoms with Crippen LogP contribution in [0, 0.1) is 0 Å². The summed E-state index contributed by atoms with van der Waals surface area (Å²) in [4.78, 5) is 12.6. The summed E-state index contributed by atoms with van der Waals surface area (Å²) in [5.41, 5.74) is 1.81. The topological polar surface area (TPSA) is 17.1 Å². The van der Waals surface area contributed by atoms with E-state index in [9.17, 15) is 18.0 Å². The first-order valence-corrected chi connectivity index (χ1v) is 7.66. The van der Waals surface area contributed by atoms with Crippen LogP contribution in [0.3, 0.4) is 0 Å². The van der Waals surface area contributed by atoms with Gasteiger partial charge in [0.05, 0.1) is 11.5 Å². The molecule has 0 fully saturated rings. The zero-order valence-corrected chi connectivity index (χ0v) is 12.6. The number of hydrogen-bond acceptors (Lipinski definition) is 1. The molecule has 0 heterocycles. The van der Waals surface area contributed by atoms with E-state index >= 15 is 0 Å². The molecule has 0 aromatic heterocycles. The molecule has 1 unspecified atom stereocenters. The molecule has 3 aromatic rings. The van der Waals surface area contributed by atoms with E-state index in [1.54, 1.807) is 18.2 Å². The predicted octanol–water partition coefficient (Wildman–Crippen LogP) is 5.38. The Morgan fingerprint density at radius 3 is 2.38 bits per heavy atom. The zero-order valence-electron chi connectivity index (χ0n) is 12.6. The molecule has 4 heteroatoms. The second kappa shape index (κ2) is 5.20. The van der Waals surface area contributed by atoms with Crippen LogP contribution in [0.15, 0.2) is 60.7 Å². The molecule has 24 heavy (non-hydrogen) atoms. The minimum atomic E-state index is -4.37. The lowest BCUT2D eigenvalue weighted by Crippen LogP contribution is -2.07. The molecule has 0 bridgehead atoms. The molecule has 0 amide bonds. The number of ketones is 1. The first-order valence-electron chi connectivity index (χ1n) is 7.66. The van der Waals surface area contributed by atoms with Crippen molar-refractivity contribution in [3.63, 3.8) is 0 Å². The Labute approximate surface area is 136 Å². The minimum Gasteiger partial charge on any atom is -0.293 e. The van der Waals surface area contributed by atoms with E-state index in [-0.39, 0.29) is 11.7 Å². The van der Waals surface area contributed by atoms with Gasteiger partial charge in [0.2, 0.25) is 0 Å². The van der Waals surface area contributed by atoms with Crippen molar-refractivity contribution >= 4 is 16.6 Å². The summed E-state index contributed by atoms with van der Waals surface area (Å²) in [6, 6.07) is 16.5. The van der Waals surface area contributed by atoms with Crippen LogP contribution in [0.4, 0.5) is 13.2 Å². The van der Waals surface area contributed by atoms with Crippen LogP contribution in [-0.2, 0) is 12.6 Å². The van der Waals surface area contributed by atoms with Crippen LogP contribution < -0.4 is 0 Å². The van der Waals surface area contributed by atoms with Crippen molar-refractivity contribution in [3.05, 3.63) is 82.9 Å². The lowest BCUT2D eigenvalue weighted by molar-refractivity contribution is -0.137. The van der Waals surface area contributed by atoms with Gasteiger partial charge in [0.15, 0.2) is 5.78 Å². The van der Waals surface area contributed by atoms with Crippen LogP contribution in [0.1, 0.15) is 33.0 Å². The Kier molecular flexibility index (Phi) is 3.23. The summed E-state index contributed by atoms with van der Waals surface area (Å²) >= 11 is 0. The fourth-order valence-corrected chi connectivity index (χ4v) is 3.37. The van der Waals surface area contributed by atoms with Gasteiger partial charge in [-0.1, -0.05) is 48.5 Å². The quantitative estimate of drug-likeness (QED) is 0.586. The normalized spacial score (nSPS) is 17.3. The number of Topliss-reactive ketones (excluding diaryl/α,β-unsaturated/α-hetero) is 1. The second-order valence-corrected chi connectivity index (χ2v) is 6.10. The summed E-state index contributed by atoms with van der Waals surface area (Å²) in [7, 11) is 0. The van der Waals surface area contributed by atoms with Crippen LogP contribution >= 0.6 is 0 Å². The summed E-state index contributed by atoms with van der Waals surface area (Å²) in [6.45, 7) is 0. The molecule has 1 atom stereocenters. The molecule has 120 valence electrons.